The Morgan fingerprint density at radius 3 is 2.59 bits per heavy atom. The van der Waals surface area contributed by atoms with Gasteiger partial charge in [0.2, 0.25) is 5.91 Å². The highest BCUT2D eigenvalue weighted by atomic mass is 16.5. The number of rotatable bonds is 5. The zero-order valence-corrected chi connectivity index (χ0v) is 22.0. The van der Waals surface area contributed by atoms with Crippen LogP contribution in [0.3, 0.4) is 0 Å². The van der Waals surface area contributed by atoms with E-state index >= 15 is 0 Å². The molecule has 0 spiro atoms. The molecular formula is C33H30N2O4. The van der Waals surface area contributed by atoms with Gasteiger partial charge in [-0.25, -0.2) is 0 Å². The number of amides is 1. The van der Waals surface area contributed by atoms with Gasteiger partial charge < -0.3 is 19.6 Å². The lowest BCUT2D eigenvalue weighted by Crippen LogP contribution is -2.41. The van der Waals surface area contributed by atoms with Crippen LogP contribution in [-0.4, -0.2) is 22.5 Å². The van der Waals surface area contributed by atoms with Gasteiger partial charge >= 0.3 is 0 Å². The van der Waals surface area contributed by atoms with Gasteiger partial charge in [-0.15, -0.1) is 0 Å². The molecule has 1 aliphatic rings. The van der Waals surface area contributed by atoms with E-state index in [9.17, 15) is 15.1 Å². The summed E-state index contributed by atoms with van der Waals surface area (Å²) >= 11 is 0. The molecule has 2 atom stereocenters. The topological polar surface area (TPSA) is 80.6 Å². The summed E-state index contributed by atoms with van der Waals surface area (Å²) in [4.78, 5) is 15.8. The average Bonchev–Trinajstić information content (AvgIpc) is 3.37. The fourth-order valence-electron chi connectivity index (χ4n) is 5.62. The number of hydrogen-bond donors (Lipinski definition) is 1. The molecule has 0 saturated carbocycles. The van der Waals surface area contributed by atoms with Crippen molar-refractivity contribution in [2.24, 2.45) is 0 Å². The molecular weight excluding hydrogens is 488 g/mol. The van der Waals surface area contributed by atoms with E-state index in [0.29, 0.717) is 28.2 Å². The first-order valence-electron chi connectivity index (χ1n) is 13.2. The van der Waals surface area contributed by atoms with Gasteiger partial charge in [0.25, 0.3) is 0 Å². The summed E-state index contributed by atoms with van der Waals surface area (Å²) in [6.07, 6.45) is 3.79. The van der Waals surface area contributed by atoms with Gasteiger partial charge in [0, 0.05) is 29.6 Å². The third-order valence-corrected chi connectivity index (χ3v) is 7.74. The largest absolute Gasteiger partial charge is 0.619 e. The van der Waals surface area contributed by atoms with Crippen molar-refractivity contribution in [1.82, 2.24) is 4.90 Å². The molecule has 6 heteroatoms. The van der Waals surface area contributed by atoms with Crippen molar-refractivity contribution in [3.05, 3.63) is 142 Å². The lowest BCUT2D eigenvalue weighted by molar-refractivity contribution is -0.605. The second-order valence-electron chi connectivity index (χ2n) is 10.5. The number of hydrogen-bond acceptors (Lipinski definition) is 4. The fraction of sp³-hybridized carbons (Fsp3) is 0.212. The number of pyridine rings is 1. The normalized spacial score (nSPS) is 16.6. The summed E-state index contributed by atoms with van der Waals surface area (Å²) in [5.41, 5.74) is 5.48. The van der Waals surface area contributed by atoms with Gasteiger partial charge in [-0.1, -0.05) is 60.2 Å². The van der Waals surface area contributed by atoms with Gasteiger partial charge in [-0.3, -0.25) is 4.79 Å². The van der Waals surface area contributed by atoms with E-state index < -0.39 is 5.60 Å². The van der Waals surface area contributed by atoms with Crippen molar-refractivity contribution >= 4 is 16.9 Å². The Hall–Kier alpha value is -4.42. The first-order chi connectivity index (χ1) is 18.8. The first-order valence-corrected chi connectivity index (χ1v) is 13.2. The monoisotopic (exact) mass is 518 g/mol. The summed E-state index contributed by atoms with van der Waals surface area (Å²) in [5.74, 6) is 0.442. The first kappa shape index (κ1) is 24.9. The molecule has 6 rings (SSSR count). The molecule has 1 aliphatic heterocycles. The number of nitrogens with zero attached hydrogens (tertiary/aromatic N) is 2. The molecule has 1 N–H and O–H groups in total. The van der Waals surface area contributed by atoms with Crippen molar-refractivity contribution in [2.45, 2.75) is 38.3 Å². The minimum atomic E-state index is -1.41. The number of carbonyl (C=O) groups is 1. The second-order valence-corrected chi connectivity index (χ2v) is 10.5. The predicted molar refractivity (Wildman–Crippen MR) is 149 cm³/mol. The number of furan rings is 1. The lowest BCUT2D eigenvalue weighted by Gasteiger charge is -2.38. The number of fused-ring (bicyclic) bond motifs is 2. The number of benzene rings is 3. The van der Waals surface area contributed by atoms with E-state index in [1.807, 2.05) is 41.3 Å². The second kappa shape index (κ2) is 9.71. The quantitative estimate of drug-likeness (QED) is 0.251. The molecule has 3 aromatic carbocycles. The molecule has 196 valence electrons. The van der Waals surface area contributed by atoms with E-state index in [1.165, 1.54) is 29.1 Å². The summed E-state index contributed by atoms with van der Waals surface area (Å²) in [6.45, 7) is 4.41. The number of aryl methyl sites for hydroxylation is 1. The molecule has 5 aromatic rings. The minimum absolute atomic E-state index is 0.0698. The van der Waals surface area contributed by atoms with Crippen LogP contribution < -0.4 is 4.73 Å². The number of aromatic nitrogens is 1. The van der Waals surface area contributed by atoms with Crippen LogP contribution in [0.2, 0.25) is 0 Å². The van der Waals surface area contributed by atoms with E-state index in [4.69, 9.17) is 4.42 Å². The van der Waals surface area contributed by atoms with Crippen LogP contribution >= 0.6 is 0 Å². The molecule has 6 nitrogen and oxygen atoms in total. The number of carbonyl (C=O) groups excluding carboxylic acids is 1. The summed E-state index contributed by atoms with van der Waals surface area (Å²) in [5, 5.41) is 23.4. The molecule has 0 aliphatic carbocycles. The maximum absolute atomic E-state index is 13.8. The molecule has 3 heterocycles. The highest BCUT2D eigenvalue weighted by Gasteiger charge is 2.33. The van der Waals surface area contributed by atoms with Crippen molar-refractivity contribution < 1.29 is 19.0 Å². The standard InChI is InChI=1S/C33H30N2O4/c1-22-8-10-28-25(18-22)12-17-35(32(28)24-6-4-3-5-7-24)31(36)20-23-9-11-29-26(19-23)21-30(39-29)33(2,37)27-13-15-34(38)16-14-27/h3-11,13-16,18-19,21,32,37H,12,17,20H2,1-2H3/t32-,33-/m1/s1. The summed E-state index contributed by atoms with van der Waals surface area (Å²) in [7, 11) is 0. The zero-order valence-electron chi connectivity index (χ0n) is 22.0. The molecule has 0 radical (unpaired) electrons. The SMILES string of the molecule is Cc1ccc2c(c1)CCN(C(=O)Cc1ccc3oc([C@](C)(O)c4cc[n+]([O-])cc4)cc3c1)[C@@H]2c1ccccc1. The maximum atomic E-state index is 13.8. The highest BCUT2D eigenvalue weighted by molar-refractivity contribution is 5.84. The predicted octanol–water partition coefficient (Wildman–Crippen LogP) is 5.35. The molecule has 0 bridgehead atoms. The molecule has 0 unspecified atom stereocenters. The van der Waals surface area contributed by atoms with Gasteiger partial charge in [0.15, 0.2) is 12.4 Å². The van der Waals surface area contributed by atoms with Crippen LogP contribution in [0.25, 0.3) is 11.0 Å². The lowest BCUT2D eigenvalue weighted by atomic mass is 9.87. The third kappa shape index (κ3) is 4.68. The Balaban J connectivity index is 1.28. The Bertz CT molecular complexity index is 1660. The highest BCUT2D eigenvalue weighted by Crippen LogP contribution is 2.37. The van der Waals surface area contributed by atoms with Crippen LogP contribution in [-0.2, 0) is 23.2 Å². The third-order valence-electron chi connectivity index (χ3n) is 7.74. The Labute approximate surface area is 227 Å². The van der Waals surface area contributed by atoms with Crippen molar-refractivity contribution in [3.63, 3.8) is 0 Å². The Morgan fingerprint density at radius 1 is 1.05 bits per heavy atom. The van der Waals surface area contributed by atoms with Crippen LogP contribution in [0.5, 0.6) is 0 Å². The van der Waals surface area contributed by atoms with E-state index in [-0.39, 0.29) is 18.4 Å². The van der Waals surface area contributed by atoms with Crippen molar-refractivity contribution in [3.8, 4) is 0 Å². The molecule has 39 heavy (non-hydrogen) atoms. The molecule has 0 saturated heterocycles. The number of aliphatic hydroxyl groups is 1. The summed E-state index contributed by atoms with van der Waals surface area (Å²) < 4.78 is 6.66. The van der Waals surface area contributed by atoms with Crippen LogP contribution in [0.4, 0.5) is 0 Å². The van der Waals surface area contributed by atoms with E-state index in [0.717, 1.165) is 22.9 Å². The minimum Gasteiger partial charge on any atom is -0.619 e. The Morgan fingerprint density at radius 2 is 1.82 bits per heavy atom. The van der Waals surface area contributed by atoms with Gasteiger partial charge in [0.05, 0.1) is 12.5 Å². The van der Waals surface area contributed by atoms with Crippen LogP contribution in [0, 0.1) is 12.1 Å². The van der Waals surface area contributed by atoms with Crippen LogP contribution in [0.15, 0.2) is 102 Å². The van der Waals surface area contributed by atoms with E-state index in [1.54, 1.807) is 25.1 Å². The van der Waals surface area contributed by atoms with Crippen LogP contribution in [0.1, 0.15) is 52.1 Å². The van der Waals surface area contributed by atoms with Gasteiger partial charge in [-0.2, -0.15) is 4.73 Å². The van der Waals surface area contributed by atoms with E-state index in [2.05, 4.69) is 37.3 Å². The van der Waals surface area contributed by atoms with Crippen molar-refractivity contribution in [1.29, 1.82) is 0 Å². The maximum Gasteiger partial charge on any atom is 0.227 e. The average molecular weight is 519 g/mol. The van der Waals surface area contributed by atoms with Gasteiger partial charge in [0.1, 0.15) is 16.9 Å². The summed E-state index contributed by atoms with van der Waals surface area (Å²) in [6, 6.07) is 27.3. The smallest absolute Gasteiger partial charge is 0.227 e. The fourth-order valence-corrected chi connectivity index (χ4v) is 5.62. The zero-order chi connectivity index (χ0) is 27.1. The van der Waals surface area contributed by atoms with Crippen molar-refractivity contribution in [2.75, 3.05) is 6.54 Å². The Kier molecular flexibility index (Phi) is 6.20. The molecule has 2 aromatic heterocycles. The van der Waals surface area contributed by atoms with Gasteiger partial charge in [-0.05, 0) is 60.7 Å². The molecule has 1 amide bonds. The molecule has 0 fully saturated rings.